The Morgan fingerprint density at radius 1 is 0.914 bits per heavy atom. The van der Waals surface area contributed by atoms with Crippen LogP contribution < -0.4 is 15.2 Å². The van der Waals surface area contributed by atoms with Crippen molar-refractivity contribution in [3.05, 3.63) is 125 Å². The Balaban J connectivity index is 1.35. The van der Waals surface area contributed by atoms with Crippen molar-refractivity contribution < 1.29 is 4.74 Å². The maximum Gasteiger partial charge on any atom is 0.119 e. The Morgan fingerprint density at radius 2 is 1.63 bits per heavy atom. The number of ether oxygens (including phenoxy) is 1. The van der Waals surface area contributed by atoms with Gasteiger partial charge in [0.05, 0.1) is 36.5 Å². The van der Waals surface area contributed by atoms with Gasteiger partial charge in [-0.25, -0.2) is 0 Å². The van der Waals surface area contributed by atoms with Gasteiger partial charge in [-0.15, -0.1) is 0 Å². The molecule has 4 aromatic carbocycles. The molecule has 1 aliphatic rings. The van der Waals surface area contributed by atoms with E-state index in [0.717, 1.165) is 45.4 Å². The largest absolute Gasteiger partial charge is 0.497 e. The lowest BCUT2D eigenvalue weighted by Crippen LogP contribution is -2.18. The molecule has 0 aliphatic carbocycles. The van der Waals surface area contributed by atoms with Crippen LogP contribution in [0.15, 0.2) is 113 Å². The molecule has 0 saturated carbocycles. The Bertz CT molecular complexity index is 1320. The van der Waals surface area contributed by atoms with Crippen LogP contribution >= 0.6 is 11.6 Å². The fourth-order valence-corrected chi connectivity index (χ4v) is 4.19. The minimum absolute atomic E-state index is 0.123. The third-order valence-electron chi connectivity index (χ3n) is 5.93. The van der Waals surface area contributed by atoms with Crippen LogP contribution in [-0.2, 0) is 0 Å². The summed E-state index contributed by atoms with van der Waals surface area (Å²) in [5.74, 6) is 0.813. The third-order valence-corrected chi connectivity index (χ3v) is 6.18. The molecule has 1 unspecified atom stereocenters. The quantitative estimate of drug-likeness (QED) is 0.226. The van der Waals surface area contributed by atoms with Crippen molar-refractivity contribution in [2.24, 2.45) is 10.2 Å². The van der Waals surface area contributed by atoms with Crippen molar-refractivity contribution in [2.45, 2.75) is 12.5 Å². The molecule has 0 spiro atoms. The summed E-state index contributed by atoms with van der Waals surface area (Å²) >= 11 is 6.10. The summed E-state index contributed by atoms with van der Waals surface area (Å²) in [6.45, 7) is 0. The van der Waals surface area contributed by atoms with Gasteiger partial charge in [0.15, 0.2) is 0 Å². The fraction of sp³-hybridized carbons (Fsp3) is 0.103. The first-order valence-corrected chi connectivity index (χ1v) is 11.8. The predicted octanol–water partition coefficient (Wildman–Crippen LogP) is 7.15. The number of benzene rings is 4. The van der Waals surface area contributed by atoms with Gasteiger partial charge in [-0.1, -0.05) is 66.2 Å². The minimum Gasteiger partial charge on any atom is -0.497 e. The van der Waals surface area contributed by atoms with Crippen LogP contribution in [0.3, 0.4) is 0 Å². The Labute approximate surface area is 210 Å². The van der Waals surface area contributed by atoms with Gasteiger partial charge in [-0.05, 0) is 65.2 Å². The highest BCUT2D eigenvalue weighted by Crippen LogP contribution is 2.36. The van der Waals surface area contributed by atoms with E-state index in [9.17, 15) is 0 Å². The molecule has 5 rings (SSSR count). The molecule has 5 nitrogen and oxygen atoms in total. The first-order valence-electron chi connectivity index (χ1n) is 11.4. The molecule has 1 atom stereocenters. The topological polar surface area (TPSA) is 49.2 Å². The maximum atomic E-state index is 6.10. The van der Waals surface area contributed by atoms with E-state index in [0.29, 0.717) is 0 Å². The number of anilines is 2. The Hall–Kier alpha value is -4.09. The van der Waals surface area contributed by atoms with Crippen LogP contribution in [0.25, 0.3) is 0 Å². The number of hydrogen-bond acceptors (Lipinski definition) is 5. The van der Waals surface area contributed by atoms with Crippen LogP contribution in [0, 0.1) is 0 Å². The lowest BCUT2D eigenvalue weighted by molar-refractivity contribution is 0.415. The number of halogens is 1. The number of hydrazone groups is 2. The van der Waals surface area contributed by atoms with Crippen molar-refractivity contribution >= 4 is 34.9 Å². The van der Waals surface area contributed by atoms with Gasteiger partial charge in [0.25, 0.3) is 0 Å². The monoisotopic (exact) mass is 480 g/mol. The van der Waals surface area contributed by atoms with E-state index < -0.39 is 0 Å². The summed E-state index contributed by atoms with van der Waals surface area (Å²) in [6, 6.07) is 34.4. The number of hydrogen-bond donors (Lipinski definition) is 1. The minimum atomic E-state index is 0.123. The van der Waals surface area contributed by atoms with E-state index in [1.807, 2.05) is 66.7 Å². The lowest BCUT2D eigenvalue weighted by atomic mass is 9.98. The SMILES string of the molecule is COc1ccc(NN=Cc2ccc(N3N=C(c4ccc(Cl)cc4)CC3c3ccccc3)cc2)cc1. The van der Waals surface area contributed by atoms with Crippen LogP contribution in [0.4, 0.5) is 11.4 Å². The highest BCUT2D eigenvalue weighted by Gasteiger charge is 2.29. The van der Waals surface area contributed by atoms with Crippen molar-refractivity contribution in [3.63, 3.8) is 0 Å². The van der Waals surface area contributed by atoms with Gasteiger partial charge in [0.1, 0.15) is 5.75 Å². The van der Waals surface area contributed by atoms with Crippen molar-refractivity contribution in [2.75, 3.05) is 17.5 Å². The molecule has 0 saturated heterocycles. The van der Waals surface area contributed by atoms with E-state index in [2.05, 4.69) is 51.9 Å². The molecular formula is C29H25ClN4O. The number of nitrogens with one attached hydrogen (secondary N) is 1. The van der Waals surface area contributed by atoms with Gasteiger partial charge in [0.2, 0.25) is 0 Å². The predicted molar refractivity (Wildman–Crippen MR) is 145 cm³/mol. The molecular weight excluding hydrogens is 456 g/mol. The van der Waals surface area contributed by atoms with Gasteiger partial charge in [0, 0.05) is 11.4 Å². The number of nitrogens with zero attached hydrogens (tertiary/aromatic N) is 3. The molecule has 0 bridgehead atoms. The van der Waals surface area contributed by atoms with Crippen LogP contribution in [-0.4, -0.2) is 19.0 Å². The summed E-state index contributed by atoms with van der Waals surface area (Å²) in [5.41, 5.74) is 9.33. The summed E-state index contributed by atoms with van der Waals surface area (Å²) in [5, 5.41) is 12.2. The first-order chi connectivity index (χ1) is 17.2. The highest BCUT2D eigenvalue weighted by atomic mass is 35.5. The fourth-order valence-electron chi connectivity index (χ4n) is 4.06. The third kappa shape index (κ3) is 5.36. The molecule has 4 aromatic rings. The molecule has 1 heterocycles. The zero-order valence-electron chi connectivity index (χ0n) is 19.3. The second-order valence-electron chi connectivity index (χ2n) is 8.22. The number of methoxy groups -OCH3 is 1. The van der Waals surface area contributed by atoms with Gasteiger partial charge < -0.3 is 4.74 Å². The Kier molecular flexibility index (Phi) is 6.77. The zero-order valence-corrected chi connectivity index (χ0v) is 20.1. The van der Waals surface area contributed by atoms with E-state index in [1.54, 1.807) is 13.3 Å². The number of rotatable bonds is 7. The Morgan fingerprint density at radius 3 is 2.31 bits per heavy atom. The molecule has 35 heavy (non-hydrogen) atoms. The smallest absolute Gasteiger partial charge is 0.119 e. The van der Waals surface area contributed by atoms with Crippen LogP contribution in [0.1, 0.15) is 29.2 Å². The molecule has 6 heteroatoms. The molecule has 0 radical (unpaired) electrons. The van der Waals surface area contributed by atoms with E-state index in [4.69, 9.17) is 21.4 Å². The van der Waals surface area contributed by atoms with Crippen molar-refractivity contribution in [1.82, 2.24) is 0 Å². The summed E-state index contributed by atoms with van der Waals surface area (Å²) < 4.78 is 5.18. The van der Waals surface area contributed by atoms with Gasteiger partial charge in [-0.2, -0.15) is 10.2 Å². The summed E-state index contributed by atoms with van der Waals surface area (Å²) in [7, 11) is 1.65. The molecule has 0 fully saturated rings. The maximum absolute atomic E-state index is 6.10. The molecule has 0 amide bonds. The molecule has 0 aromatic heterocycles. The van der Waals surface area contributed by atoms with E-state index in [-0.39, 0.29) is 6.04 Å². The summed E-state index contributed by atoms with van der Waals surface area (Å²) in [6.07, 6.45) is 2.62. The standard InChI is InChI=1S/C29H25ClN4O/c1-35-27-17-13-25(14-18-27)32-31-20-21-7-15-26(16-8-21)34-29(23-5-3-2-4-6-23)19-28(33-34)22-9-11-24(30)12-10-22/h2-18,20,29,32H,19H2,1H3. The molecule has 1 aliphatic heterocycles. The second-order valence-corrected chi connectivity index (χ2v) is 8.66. The average Bonchev–Trinajstić information content (AvgIpc) is 3.36. The summed E-state index contributed by atoms with van der Waals surface area (Å²) in [4.78, 5) is 0. The lowest BCUT2D eigenvalue weighted by Gasteiger charge is -2.24. The van der Waals surface area contributed by atoms with Gasteiger partial charge >= 0.3 is 0 Å². The van der Waals surface area contributed by atoms with Crippen LogP contribution in [0.2, 0.25) is 5.02 Å². The zero-order chi connectivity index (χ0) is 24.0. The van der Waals surface area contributed by atoms with Crippen molar-refractivity contribution in [1.29, 1.82) is 0 Å². The highest BCUT2D eigenvalue weighted by molar-refractivity contribution is 6.30. The van der Waals surface area contributed by atoms with Crippen molar-refractivity contribution in [3.8, 4) is 5.75 Å². The average molecular weight is 481 g/mol. The molecule has 174 valence electrons. The van der Waals surface area contributed by atoms with Gasteiger partial charge in [-0.3, -0.25) is 10.4 Å². The van der Waals surface area contributed by atoms with Crippen LogP contribution in [0.5, 0.6) is 5.75 Å². The normalized spacial score (nSPS) is 15.3. The van der Waals surface area contributed by atoms with E-state index >= 15 is 0 Å². The second kappa shape index (κ2) is 10.5. The first kappa shape index (κ1) is 22.7. The molecule has 1 N–H and O–H groups in total. The van der Waals surface area contributed by atoms with E-state index in [1.165, 1.54) is 5.56 Å².